The number of nitrogens with two attached hydrogens (primary N) is 1. The Bertz CT molecular complexity index is 562. The summed E-state index contributed by atoms with van der Waals surface area (Å²) in [6.07, 6.45) is 3.58. The Morgan fingerprint density at radius 2 is 2.12 bits per heavy atom. The maximum Gasteiger partial charge on any atom is 0.0482 e. The standard InChI is InChI=1S/C15H20N2/c1-3-11-5-4-6-13-12(11)9-14(17(13)2)15(10-16)7-8-15/h4-6,9H,3,7-8,10,16H2,1-2H3. The van der Waals surface area contributed by atoms with Crippen LogP contribution in [0.5, 0.6) is 0 Å². The van der Waals surface area contributed by atoms with E-state index in [0.717, 1.165) is 13.0 Å². The van der Waals surface area contributed by atoms with Gasteiger partial charge in [-0.05, 0) is 37.0 Å². The van der Waals surface area contributed by atoms with Crippen LogP contribution >= 0.6 is 0 Å². The van der Waals surface area contributed by atoms with Gasteiger partial charge in [0, 0.05) is 35.6 Å². The molecule has 2 N–H and O–H groups in total. The van der Waals surface area contributed by atoms with E-state index in [1.807, 2.05) is 0 Å². The molecule has 0 aliphatic heterocycles. The molecule has 0 unspecified atom stereocenters. The predicted octanol–water partition coefficient (Wildman–Crippen LogP) is 2.73. The molecule has 2 aromatic rings. The Morgan fingerprint density at radius 3 is 2.71 bits per heavy atom. The van der Waals surface area contributed by atoms with Gasteiger partial charge in [0.2, 0.25) is 0 Å². The fourth-order valence-corrected chi connectivity index (χ4v) is 2.95. The van der Waals surface area contributed by atoms with Crippen LogP contribution in [0.4, 0.5) is 0 Å². The van der Waals surface area contributed by atoms with E-state index < -0.39 is 0 Å². The maximum atomic E-state index is 5.95. The molecule has 2 nitrogen and oxygen atoms in total. The average Bonchev–Trinajstić information content (AvgIpc) is 3.09. The Hall–Kier alpha value is -1.28. The van der Waals surface area contributed by atoms with Crippen molar-refractivity contribution < 1.29 is 0 Å². The molecule has 0 bridgehead atoms. The zero-order chi connectivity index (χ0) is 12.0. The lowest BCUT2D eigenvalue weighted by Crippen LogP contribution is -2.22. The first-order valence-electron chi connectivity index (χ1n) is 6.50. The third-order valence-corrected chi connectivity index (χ3v) is 4.35. The minimum absolute atomic E-state index is 0.277. The summed E-state index contributed by atoms with van der Waals surface area (Å²) in [6, 6.07) is 8.97. The summed E-state index contributed by atoms with van der Waals surface area (Å²) in [6.45, 7) is 3.00. The lowest BCUT2D eigenvalue weighted by Gasteiger charge is -2.13. The van der Waals surface area contributed by atoms with Gasteiger partial charge in [-0.25, -0.2) is 0 Å². The van der Waals surface area contributed by atoms with Crippen molar-refractivity contribution in [1.82, 2.24) is 4.57 Å². The molecule has 0 amide bonds. The van der Waals surface area contributed by atoms with Crippen LogP contribution in [-0.4, -0.2) is 11.1 Å². The van der Waals surface area contributed by atoms with Crippen molar-refractivity contribution >= 4 is 10.9 Å². The monoisotopic (exact) mass is 228 g/mol. The molecule has 0 saturated heterocycles. The number of benzene rings is 1. The molecule has 1 aliphatic carbocycles. The molecule has 2 heteroatoms. The summed E-state index contributed by atoms with van der Waals surface area (Å²) >= 11 is 0. The van der Waals surface area contributed by atoms with Gasteiger partial charge in [-0.2, -0.15) is 0 Å². The van der Waals surface area contributed by atoms with E-state index in [1.165, 1.54) is 35.0 Å². The highest BCUT2D eigenvalue weighted by atomic mass is 15.0. The fraction of sp³-hybridized carbons (Fsp3) is 0.467. The molecule has 3 rings (SSSR count). The summed E-state index contributed by atoms with van der Waals surface area (Å²) < 4.78 is 2.34. The zero-order valence-electron chi connectivity index (χ0n) is 10.7. The lowest BCUT2D eigenvalue weighted by molar-refractivity contribution is 0.645. The molecule has 1 saturated carbocycles. The van der Waals surface area contributed by atoms with Crippen LogP contribution in [0.2, 0.25) is 0 Å². The third-order valence-electron chi connectivity index (χ3n) is 4.35. The van der Waals surface area contributed by atoms with Gasteiger partial charge in [0.05, 0.1) is 0 Å². The van der Waals surface area contributed by atoms with Crippen LogP contribution in [0.15, 0.2) is 24.3 Å². The molecule has 0 radical (unpaired) electrons. The first-order chi connectivity index (χ1) is 8.22. The summed E-state index contributed by atoms with van der Waals surface area (Å²) in [7, 11) is 2.17. The van der Waals surface area contributed by atoms with Gasteiger partial charge < -0.3 is 10.3 Å². The van der Waals surface area contributed by atoms with Gasteiger partial charge in [-0.15, -0.1) is 0 Å². The average molecular weight is 228 g/mol. The van der Waals surface area contributed by atoms with Crippen LogP contribution < -0.4 is 5.73 Å². The second kappa shape index (κ2) is 3.61. The smallest absolute Gasteiger partial charge is 0.0482 e. The molecule has 0 spiro atoms. The summed E-state index contributed by atoms with van der Waals surface area (Å²) in [5.74, 6) is 0. The van der Waals surface area contributed by atoms with Crippen LogP contribution in [0.1, 0.15) is 31.0 Å². The lowest BCUT2D eigenvalue weighted by atomic mass is 10.0. The van der Waals surface area contributed by atoms with E-state index in [1.54, 1.807) is 0 Å². The normalized spacial score (nSPS) is 17.6. The quantitative estimate of drug-likeness (QED) is 0.860. The van der Waals surface area contributed by atoms with E-state index in [9.17, 15) is 0 Å². The van der Waals surface area contributed by atoms with Crippen LogP contribution in [0.25, 0.3) is 10.9 Å². The second-order valence-corrected chi connectivity index (χ2v) is 5.28. The van der Waals surface area contributed by atoms with Crippen molar-refractivity contribution in [3.63, 3.8) is 0 Å². The second-order valence-electron chi connectivity index (χ2n) is 5.28. The van der Waals surface area contributed by atoms with Crippen LogP contribution in [-0.2, 0) is 18.9 Å². The molecule has 1 aliphatic rings. The van der Waals surface area contributed by atoms with E-state index in [2.05, 4.69) is 42.8 Å². The number of nitrogens with zero attached hydrogens (tertiary/aromatic N) is 1. The highest BCUT2D eigenvalue weighted by Gasteiger charge is 2.45. The molecule has 1 aromatic heterocycles. The zero-order valence-corrected chi connectivity index (χ0v) is 10.7. The van der Waals surface area contributed by atoms with Crippen LogP contribution in [0.3, 0.4) is 0 Å². The van der Waals surface area contributed by atoms with E-state index in [-0.39, 0.29) is 5.41 Å². The Balaban J connectivity index is 2.25. The van der Waals surface area contributed by atoms with Gasteiger partial charge in [0.15, 0.2) is 0 Å². The van der Waals surface area contributed by atoms with Crippen molar-refractivity contribution in [3.8, 4) is 0 Å². The Morgan fingerprint density at radius 1 is 1.35 bits per heavy atom. The number of aromatic nitrogens is 1. The van der Waals surface area contributed by atoms with E-state index in [4.69, 9.17) is 5.73 Å². The van der Waals surface area contributed by atoms with Gasteiger partial charge >= 0.3 is 0 Å². The van der Waals surface area contributed by atoms with Gasteiger partial charge in [-0.1, -0.05) is 19.1 Å². The molecular formula is C15H20N2. The van der Waals surface area contributed by atoms with E-state index >= 15 is 0 Å². The van der Waals surface area contributed by atoms with Crippen molar-refractivity contribution in [2.24, 2.45) is 12.8 Å². The van der Waals surface area contributed by atoms with Gasteiger partial charge in [0.25, 0.3) is 0 Å². The summed E-state index contributed by atoms with van der Waals surface area (Å²) in [5.41, 5.74) is 10.4. The van der Waals surface area contributed by atoms with Crippen molar-refractivity contribution in [2.45, 2.75) is 31.6 Å². The molecular weight excluding hydrogens is 208 g/mol. The number of fused-ring (bicyclic) bond motifs is 1. The largest absolute Gasteiger partial charge is 0.347 e. The van der Waals surface area contributed by atoms with E-state index in [0.29, 0.717) is 0 Å². The SMILES string of the molecule is CCc1cccc2c1cc(C1(CN)CC1)n2C. The first kappa shape index (κ1) is 10.8. The molecule has 0 atom stereocenters. The maximum absolute atomic E-state index is 5.95. The first-order valence-corrected chi connectivity index (χ1v) is 6.50. The summed E-state index contributed by atoms with van der Waals surface area (Å²) in [4.78, 5) is 0. The molecule has 90 valence electrons. The highest BCUT2D eigenvalue weighted by molar-refractivity contribution is 5.85. The van der Waals surface area contributed by atoms with Crippen molar-refractivity contribution in [3.05, 3.63) is 35.5 Å². The van der Waals surface area contributed by atoms with Gasteiger partial charge in [0.1, 0.15) is 0 Å². The Kier molecular flexibility index (Phi) is 2.30. The number of hydrogen-bond donors (Lipinski definition) is 1. The highest BCUT2D eigenvalue weighted by Crippen LogP contribution is 2.48. The number of aryl methyl sites for hydroxylation is 2. The molecule has 1 fully saturated rings. The number of rotatable bonds is 3. The minimum atomic E-state index is 0.277. The minimum Gasteiger partial charge on any atom is -0.347 e. The molecule has 17 heavy (non-hydrogen) atoms. The third kappa shape index (κ3) is 1.44. The fourth-order valence-electron chi connectivity index (χ4n) is 2.95. The van der Waals surface area contributed by atoms with Gasteiger partial charge in [-0.3, -0.25) is 0 Å². The molecule has 1 heterocycles. The molecule has 1 aromatic carbocycles. The van der Waals surface area contributed by atoms with Crippen molar-refractivity contribution in [1.29, 1.82) is 0 Å². The van der Waals surface area contributed by atoms with Crippen molar-refractivity contribution in [2.75, 3.05) is 6.54 Å². The topological polar surface area (TPSA) is 30.9 Å². The Labute approximate surface area is 102 Å². The predicted molar refractivity (Wildman–Crippen MR) is 72.3 cm³/mol. The number of hydrogen-bond acceptors (Lipinski definition) is 1. The van der Waals surface area contributed by atoms with Crippen LogP contribution in [0, 0.1) is 0 Å². The summed E-state index contributed by atoms with van der Waals surface area (Å²) in [5, 5.41) is 1.41.